The van der Waals surface area contributed by atoms with E-state index in [1.807, 2.05) is 0 Å². The summed E-state index contributed by atoms with van der Waals surface area (Å²) in [5, 5.41) is 6.04. The topological polar surface area (TPSA) is 105 Å². The Morgan fingerprint density at radius 2 is 2.06 bits per heavy atom. The average Bonchev–Trinajstić information content (AvgIpc) is 3.12. The number of benzene rings is 1. The molecule has 9 nitrogen and oxygen atoms in total. The number of ether oxygens (including phenoxy) is 1. The number of nitrogens with zero attached hydrogens (tertiary/aromatic N) is 3. The van der Waals surface area contributed by atoms with Crippen LogP contribution in [0.15, 0.2) is 59.9 Å². The number of fused-ring (bicyclic) bond motifs is 1. The number of nitrogens with one attached hydrogen (secondary N) is 2. The monoisotopic (exact) mass is 443 g/mol. The molecule has 164 valence electrons. The maximum atomic E-state index is 13.0. The average molecular weight is 444 g/mol. The van der Waals surface area contributed by atoms with Crippen LogP contribution in [0.2, 0.25) is 0 Å². The highest BCUT2D eigenvalue weighted by Crippen LogP contribution is 2.18. The van der Waals surface area contributed by atoms with Crippen LogP contribution >= 0.6 is 0 Å². The standard InChI is InChI=1S/C21H25N5O4S/c1-30-18-13-22-8-11-26(15-18)31(28,29)19-5-2-16(3-6-19)12-24-21(27)17-4-7-20-23-9-10-25(20)14-17/h2-7,9-10,14,18,22H,8,11-13,15H2,1H3,(H,24,27). The highest BCUT2D eigenvalue weighted by atomic mass is 32.2. The largest absolute Gasteiger partial charge is 0.379 e. The number of amides is 1. The van der Waals surface area contributed by atoms with Crippen molar-refractivity contribution in [3.63, 3.8) is 0 Å². The fourth-order valence-corrected chi connectivity index (χ4v) is 4.97. The summed E-state index contributed by atoms with van der Waals surface area (Å²) in [7, 11) is -2.03. The highest BCUT2D eigenvalue weighted by Gasteiger charge is 2.28. The van der Waals surface area contributed by atoms with Crippen LogP contribution in [0.3, 0.4) is 0 Å². The van der Waals surface area contributed by atoms with Crippen molar-refractivity contribution >= 4 is 21.6 Å². The predicted molar refractivity (Wildman–Crippen MR) is 115 cm³/mol. The molecule has 1 fully saturated rings. The van der Waals surface area contributed by atoms with Gasteiger partial charge in [0.05, 0.1) is 16.6 Å². The van der Waals surface area contributed by atoms with Crippen molar-refractivity contribution in [2.24, 2.45) is 0 Å². The second-order valence-electron chi connectivity index (χ2n) is 7.36. The summed E-state index contributed by atoms with van der Waals surface area (Å²) in [6.45, 7) is 2.19. The van der Waals surface area contributed by atoms with Crippen molar-refractivity contribution in [1.82, 2.24) is 24.3 Å². The third-order valence-electron chi connectivity index (χ3n) is 5.32. The van der Waals surface area contributed by atoms with Crippen molar-refractivity contribution in [3.8, 4) is 0 Å². The third kappa shape index (κ3) is 4.77. The van der Waals surface area contributed by atoms with Crippen LogP contribution in [0.4, 0.5) is 0 Å². The van der Waals surface area contributed by atoms with Crippen molar-refractivity contribution in [2.75, 3.05) is 33.3 Å². The van der Waals surface area contributed by atoms with Gasteiger partial charge >= 0.3 is 0 Å². The van der Waals surface area contributed by atoms with Crippen molar-refractivity contribution in [1.29, 1.82) is 0 Å². The molecule has 3 heterocycles. The van der Waals surface area contributed by atoms with Gasteiger partial charge in [-0.2, -0.15) is 4.31 Å². The Bertz CT molecular complexity index is 1160. The molecule has 1 amide bonds. The molecule has 1 saturated heterocycles. The number of carbonyl (C=O) groups excluding carboxylic acids is 1. The van der Waals surface area contributed by atoms with E-state index in [2.05, 4.69) is 15.6 Å². The number of hydrogen-bond acceptors (Lipinski definition) is 6. The zero-order chi connectivity index (χ0) is 21.8. The van der Waals surface area contributed by atoms with Crippen LogP contribution < -0.4 is 10.6 Å². The van der Waals surface area contributed by atoms with Crippen LogP contribution in [-0.2, 0) is 21.3 Å². The van der Waals surface area contributed by atoms with E-state index in [0.29, 0.717) is 38.3 Å². The fourth-order valence-electron chi connectivity index (χ4n) is 3.49. The summed E-state index contributed by atoms with van der Waals surface area (Å²) in [5.41, 5.74) is 2.10. The summed E-state index contributed by atoms with van der Waals surface area (Å²) in [6.07, 6.45) is 4.98. The third-order valence-corrected chi connectivity index (χ3v) is 7.20. The molecule has 2 N–H and O–H groups in total. The van der Waals surface area contributed by atoms with Crippen LogP contribution in [0.5, 0.6) is 0 Å². The summed E-state index contributed by atoms with van der Waals surface area (Å²) in [6, 6.07) is 10.1. The quantitative estimate of drug-likeness (QED) is 0.586. The lowest BCUT2D eigenvalue weighted by Gasteiger charge is -2.22. The van der Waals surface area contributed by atoms with E-state index >= 15 is 0 Å². The lowest BCUT2D eigenvalue weighted by molar-refractivity contribution is 0.0944. The molecule has 4 rings (SSSR count). The predicted octanol–water partition coefficient (Wildman–Crippen LogP) is 0.873. The molecule has 0 spiro atoms. The summed E-state index contributed by atoms with van der Waals surface area (Å²) >= 11 is 0. The fraction of sp³-hybridized carbons (Fsp3) is 0.333. The second kappa shape index (κ2) is 9.15. The zero-order valence-electron chi connectivity index (χ0n) is 17.2. The Kier molecular flexibility index (Phi) is 6.33. The number of methoxy groups -OCH3 is 1. The first kappa shape index (κ1) is 21.4. The van der Waals surface area contributed by atoms with Gasteiger partial charge in [-0.25, -0.2) is 13.4 Å². The van der Waals surface area contributed by atoms with E-state index in [1.54, 1.807) is 66.5 Å². The van der Waals surface area contributed by atoms with Crippen LogP contribution in [0, 0.1) is 0 Å². The van der Waals surface area contributed by atoms with Gasteiger partial charge in [-0.05, 0) is 29.8 Å². The normalized spacial score (nSPS) is 18.0. The number of sulfonamides is 1. The number of aromatic nitrogens is 2. The van der Waals surface area contributed by atoms with Crippen molar-refractivity contribution in [3.05, 3.63) is 66.1 Å². The lowest BCUT2D eigenvalue weighted by Crippen LogP contribution is -2.38. The van der Waals surface area contributed by atoms with Gasteiger partial charge in [0.1, 0.15) is 5.65 Å². The molecular formula is C21H25N5O4S. The van der Waals surface area contributed by atoms with E-state index in [1.165, 1.54) is 4.31 Å². The number of hydrogen-bond donors (Lipinski definition) is 2. The Labute approximate surface area is 181 Å². The smallest absolute Gasteiger partial charge is 0.253 e. The summed E-state index contributed by atoms with van der Waals surface area (Å²) < 4.78 is 34.6. The number of imidazole rings is 1. The van der Waals surface area contributed by atoms with Gasteiger partial charge in [0.2, 0.25) is 10.0 Å². The molecule has 3 aromatic rings. The first-order valence-electron chi connectivity index (χ1n) is 10.0. The maximum Gasteiger partial charge on any atom is 0.253 e. The van der Waals surface area contributed by atoms with Crippen LogP contribution in [0.1, 0.15) is 15.9 Å². The van der Waals surface area contributed by atoms with E-state index in [4.69, 9.17) is 4.74 Å². The highest BCUT2D eigenvalue weighted by molar-refractivity contribution is 7.89. The van der Waals surface area contributed by atoms with E-state index in [0.717, 1.165) is 11.2 Å². The van der Waals surface area contributed by atoms with Gasteiger partial charge in [0.15, 0.2) is 0 Å². The SMILES string of the molecule is COC1CNCCN(S(=O)(=O)c2ccc(CNC(=O)c3ccc4nccn4c3)cc2)C1. The molecule has 0 radical (unpaired) electrons. The van der Waals surface area contributed by atoms with Gasteiger partial charge in [0, 0.05) is 58.4 Å². The van der Waals surface area contributed by atoms with Gasteiger partial charge in [-0.1, -0.05) is 12.1 Å². The van der Waals surface area contributed by atoms with Gasteiger partial charge in [-0.15, -0.1) is 0 Å². The molecule has 2 aromatic heterocycles. The molecule has 0 aliphatic carbocycles. The zero-order valence-corrected chi connectivity index (χ0v) is 18.0. The minimum Gasteiger partial charge on any atom is -0.379 e. The molecule has 1 unspecified atom stereocenters. The second-order valence-corrected chi connectivity index (χ2v) is 9.30. The van der Waals surface area contributed by atoms with E-state index < -0.39 is 10.0 Å². The molecule has 0 saturated carbocycles. The Morgan fingerprint density at radius 3 is 2.84 bits per heavy atom. The van der Waals surface area contributed by atoms with Crippen molar-refractivity contribution < 1.29 is 17.9 Å². The molecule has 0 bridgehead atoms. The summed E-state index contributed by atoms with van der Waals surface area (Å²) in [4.78, 5) is 16.8. The molecule has 31 heavy (non-hydrogen) atoms. The number of rotatable bonds is 6. The van der Waals surface area contributed by atoms with Crippen LogP contribution in [0.25, 0.3) is 5.65 Å². The maximum absolute atomic E-state index is 13.0. The Morgan fingerprint density at radius 1 is 1.26 bits per heavy atom. The van der Waals surface area contributed by atoms with Gasteiger partial charge in [-0.3, -0.25) is 4.79 Å². The number of carbonyl (C=O) groups is 1. The molecule has 10 heteroatoms. The molecule has 1 aliphatic rings. The lowest BCUT2D eigenvalue weighted by atomic mass is 10.2. The van der Waals surface area contributed by atoms with Gasteiger partial charge < -0.3 is 19.8 Å². The first-order chi connectivity index (χ1) is 15.0. The molecular weight excluding hydrogens is 418 g/mol. The van der Waals surface area contributed by atoms with Crippen molar-refractivity contribution in [2.45, 2.75) is 17.5 Å². The Balaban J connectivity index is 1.40. The van der Waals surface area contributed by atoms with E-state index in [9.17, 15) is 13.2 Å². The molecule has 1 atom stereocenters. The molecule has 1 aromatic carbocycles. The number of pyridine rings is 1. The minimum absolute atomic E-state index is 0.187. The molecule has 1 aliphatic heterocycles. The Hall–Kier alpha value is -2.79. The minimum atomic E-state index is -3.62. The summed E-state index contributed by atoms with van der Waals surface area (Å²) in [5.74, 6) is -0.213. The van der Waals surface area contributed by atoms with Gasteiger partial charge in [0.25, 0.3) is 5.91 Å². The van der Waals surface area contributed by atoms with Crippen LogP contribution in [-0.4, -0.2) is 67.4 Å². The van der Waals surface area contributed by atoms with E-state index in [-0.39, 0.29) is 16.9 Å². The first-order valence-corrected chi connectivity index (χ1v) is 11.4.